The summed E-state index contributed by atoms with van der Waals surface area (Å²) in [5.74, 6) is 0.907. The van der Waals surface area contributed by atoms with E-state index in [9.17, 15) is 0 Å². The summed E-state index contributed by atoms with van der Waals surface area (Å²) in [6, 6.07) is 8.66. The lowest BCUT2D eigenvalue weighted by molar-refractivity contribution is 0.112. The smallest absolute Gasteiger partial charge is 0.118 e. The molecule has 0 bridgehead atoms. The topological polar surface area (TPSA) is 30.5 Å². The highest BCUT2D eigenvalue weighted by molar-refractivity contribution is 5.27. The van der Waals surface area contributed by atoms with Gasteiger partial charge in [-0.25, -0.2) is 0 Å². The third-order valence-corrected chi connectivity index (χ3v) is 2.99. The van der Waals surface area contributed by atoms with Gasteiger partial charge in [0.25, 0.3) is 0 Å². The van der Waals surface area contributed by atoms with Gasteiger partial charge in [0.1, 0.15) is 5.75 Å². The summed E-state index contributed by atoms with van der Waals surface area (Å²) in [6.45, 7) is 6.98. The van der Waals surface area contributed by atoms with Crippen LogP contribution in [0.15, 0.2) is 24.3 Å². The van der Waals surface area contributed by atoms with Gasteiger partial charge < -0.3 is 14.8 Å². The normalized spacial score (nSPS) is 12.4. The number of ether oxygens (including phenoxy) is 2. The quantitative estimate of drug-likeness (QED) is 0.660. The Morgan fingerprint density at radius 3 is 2.42 bits per heavy atom. The van der Waals surface area contributed by atoms with Crippen LogP contribution in [-0.4, -0.2) is 32.9 Å². The van der Waals surface area contributed by atoms with Crippen LogP contribution in [0, 0.1) is 0 Å². The highest BCUT2D eigenvalue weighted by Gasteiger charge is 2.09. The van der Waals surface area contributed by atoms with Crippen molar-refractivity contribution in [3.05, 3.63) is 29.8 Å². The van der Waals surface area contributed by atoms with Crippen molar-refractivity contribution < 1.29 is 9.47 Å². The Hall–Kier alpha value is -1.06. The molecule has 0 fully saturated rings. The van der Waals surface area contributed by atoms with Crippen LogP contribution in [0.5, 0.6) is 5.75 Å². The minimum absolute atomic E-state index is 0.389. The first-order valence-electron chi connectivity index (χ1n) is 7.24. The lowest BCUT2D eigenvalue weighted by Gasteiger charge is -2.18. The molecule has 0 heterocycles. The molecule has 3 nitrogen and oxygen atoms in total. The average molecular weight is 265 g/mol. The van der Waals surface area contributed by atoms with Crippen molar-refractivity contribution in [1.82, 2.24) is 5.32 Å². The van der Waals surface area contributed by atoms with Crippen molar-refractivity contribution in [1.29, 1.82) is 0 Å². The van der Waals surface area contributed by atoms with Gasteiger partial charge >= 0.3 is 0 Å². The molecule has 1 aromatic carbocycles. The van der Waals surface area contributed by atoms with E-state index in [2.05, 4.69) is 31.3 Å². The summed E-state index contributed by atoms with van der Waals surface area (Å²) in [6.07, 6.45) is 3.21. The van der Waals surface area contributed by atoms with Crippen molar-refractivity contribution in [2.45, 2.75) is 39.2 Å². The molecule has 1 aromatic rings. The van der Waals surface area contributed by atoms with Gasteiger partial charge in [-0.3, -0.25) is 0 Å². The summed E-state index contributed by atoms with van der Waals surface area (Å²) in [4.78, 5) is 0. The molecule has 0 aliphatic heterocycles. The maximum atomic E-state index is 5.67. The monoisotopic (exact) mass is 265 g/mol. The van der Waals surface area contributed by atoms with Gasteiger partial charge in [0.15, 0.2) is 0 Å². The van der Waals surface area contributed by atoms with E-state index in [1.807, 2.05) is 12.1 Å². The van der Waals surface area contributed by atoms with E-state index in [-0.39, 0.29) is 0 Å². The third-order valence-electron chi connectivity index (χ3n) is 2.99. The molecule has 0 amide bonds. The van der Waals surface area contributed by atoms with Crippen LogP contribution in [0.3, 0.4) is 0 Å². The van der Waals surface area contributed by atoms with Gasteiger partial charge in [-0.05, 0) is 43.5 Å². The second kappa shape index (κ2) is 9.82. The Morgan fingerprint density at radius 2 is 1.84 bits per heavy atom. The Labute approximate surface area is 117 Å². The van der Waals surface area contributed by atoms with E-state index in [4.69, 9.17) is 9.47 Å². The van der Waals surface area contributed by atoms with E-state index in [0.29, 0.717) is 6.04 Å². The standard InChI is InChI=1S/C16H27NO2/c1-4-10-17-15(13-19-11-5-2)12-14-6-8-16(18-3)9-7-14/h6-9,15,17H,4-5,10-13H2,1-3H3. The van der Waals surface area contributed by atoms with Gasteiger partial charge in [0.05, 0.1) is 13.7 Å². The molecular weight excluding hydrogens is 238 g/mol. The molecule has 3 heteroatoms. The van der Waals surface area contributed by atoms with Gasteiger partial charge in [-0.1, -0.05) is 26.0 Å². The second-order valence-electron chi connectivity index (χ2n) is 4.78. The van der Waals surface area contributed by atoms with Crippen molar-refractivity contribution in [2.75, 3.05) is 26.9 Å². The fourth-order valence-corrected chi connectivity index (χ4v) is 1.95. The summed E-state index contributed by atoms with van der Waals surface area (Å²) < 4.78 is 10.9. The van der Waals surface area contributed by atoms with E-state index < -0.39 is 0 Å². The number of rotatable bonds is 10. The molecule has 0 spiro atoms. The minimum Gasteiger partial charge on any atom is -0.497 e. The average Bonchev–Trinajstić information content (AvgIpc) is 2.45. The summed E-state index contributed by atoms with van der Waals surface area (Å²) in [7, 11) is 1.69. The van der Waals surface area contributed by atoms with E-state index in [0.717, 1.165) is 44.8 Å². The van der Waals surface area contributed by atoms with Crippen LogP contribution in [0.25, 0.3) is 0 Å². The van der Waals surface area contributed by atoms with Crippen molar-refractivity contribution in [3.63, 3.8) is 0 Å². The number of hydrogen-bond acceptors (Lipinski definition) is 3. The minimum atomic E-state index is 0.389. The van der Waals surface area contributed by atoms with Gasteiger partial charge in [0.2, 0.25) is 0 Å². The Balaban J connectivity index is 2.48. The molecule has 0 radical (unpaired) electrons. The lowest BCUT2D eigenvalue weighted by atomic mass is 10.1. The van der Waals surface area contributed by atoms with E-state index >= 15 is 0 Å². The predicted octanol–water partition coefficient (Wildman–Crippen LogP) is 3.03. The highest BCUT2D eigenvalue weighted by atomic mass is 16.5. The zero-order chi connectivity index (χ0) is 13.9. The maximum absolute atomic E-state index is 5.67. The fourth-order valence-electron chi connectivity index (χ4n) is 1.95. The largest absolute Gasteiger partial charge is 0.497 e. The molecule has 108 valence electrons. The third kappa shape index (κ3) is 6.60. The van der Waals surface area contributed by atoms with Gasteiger partial charge in [0, 0.05) is 12.6 Å². The summed E-state index contributed by atoms with van der Waals surface area (Å²) in [5, 5.41) is 3.55. The van der Waals surface area contributed by atoms with Crippen LogP contribution in [0.4, 0.5) is 0 Å². The molecule has 1 rings (SSSR count). The van der Waals surface area contributed by atoms with Crippen molar-refractivity contribution in [3.8, 4) is 5.75 Å². The first kappa shape index (κ1) is 16.0. The number of hydrogen-bond donors (Lipinski definition) is 1. The molecule has 0 saturated heterocycles. The highest BCUT2D eigenvalue weighted by Crippen LogP contribution is 2.13. The molecule has 0 aromatic heterocycles. The van der Waals surface area contributed by atoms with Crippen molar-refractivity contribution in [2.24, 2.45) is 0 Å². The number of nitrogens with one attached hydrogen (secondary N) is 1. The zero-order valence-corrected chi connectivity index (χ0v) is 12.4. The van der Waals surface area contributed by atoms with Gasteiger partial charge in [-0.15, -0.1) is 0 Å². The fraction of sp³-hybridized carbons (Fsp3) is 0.625. The second-order valence-corrected chi connectivity index (χ2v) is 4.78. The molecule has 1 unspecified atom stereocenters. The van der Waals surface area contributed by atoms with Crippen LogP contribution in [-0.2, 0) is 11.2 Å². The molecule has 0 aliphatic rings. The number of benzene rings is 1. The molecule has 0 saturated carbocycles. The molecule has 0 aliphatic carbocycles. The lowest BCUT2D eigenvalue weighted by Crippen LogP contribution is -2.36. The van der Waals surface area contributed by atoms with E-state index in [1.165, 1.54) is 5.56 Å². The van der Waals surface area contributed by atoms with Gasteiger partial charge in [-0.2, -0.15) is 0 Å². The molecule has 1 N–H and O–H groups in total. The Bertz CT molecular complexity index is 324. The van der Waals surface area contributed by atoms with Crippen molar-refractivity contribution >= 4 is 0 Å². The van der Waals surface area contributed by atoms with Crippen LogP contribution < -0.4 is 10.1 Å². The maximum Gasteiger partial charge on any atom is 0.118 e. The van der Waals surface area contributed by atoms with E-state index in [1.54, 1.807) is 7.11 Å². The Morgan fingerprint density at radius 1 is 1.11 bits per heavy atom. The first-order chi connectivity index (χ1) is 9.30. The van der Waals surface area contributed by atoms with Crippen LogP contribution >= 0.6 is 0 Å². The zero-order valence-electron chi connectivity index (χ0n) is 12.4. The van der Waals surface area contributed by atoms with Crippen LogP contribution in [0.1, 0.15) is 32.3 Å². The van der Waals surface area contributed by atoms with Crippen LogP contribution in [0.2, 0.25) is 0 Å². The predicted molar refractivity (Wildman–Crippen MR) is 79.9 cm³/mol. The summed E-state index contributed by atoms with van der Waals surface area (Å²) in [5.41, 5.74) is 1.31. The number of methoxy groups -OCH3 is 1. The molecule has 1 atom stereocenters. The first-order valence-corrected chi connectivity index (χ1v) is 7.24. The summed E-state index contributed by atoms with van der Waals surface area (Å²) >= 11 is 0. The molecular formula is C16H27NO2. The SMILES string of the molecule is CCCNC(COCCC)Cc1ccc(OC)cc1. The Kier molecular flexibility index (Phi) is 8.26. The molecule has 19 heavy (non-hydrogen) atoms.